The predicted molar refractivity (Wildman–Crippen MR) is 119 cm³/mol. The Hall–Kier alpha value is -3.39. The standard InChI is InChI=1S/C24H24N6O2/c1-15-26-22(19-23(27-15)32-16(2)28-19)30-11-9-24(10-12-30)20-18(8-13-31-24)14-25-21(29-20)17-6-4-3-5-7-17/h3-7,14H,8-13H2,1-2H3. The molecule has 6 rings (SSSR count). The molecule has 3 aromatic heterocycles. The predicted octanol–water partition coefficient (Wildman–Crippen LogP) is 3.76. The van der Waals surface area contributed by atoms with Crippen LogP contribution in [0.1, 0.15) is 35.8 Å². The molecule has 0 N–H and O–H groups in total. The molecule has 2 aliphatic heterocycles. The van der Waals surface area contributed by atoms with E-state index in [1.165, 1.54) is 5.56 Å². The molecule has 5 heterocycles. The topological polar surface area (TPSA) is 90.1 Å². The van der Waals surface area contributed by atoms with Crippen LogP contribution >= 0.6 is 0 Å². The average molecular weight is 428 g/mol. The van der Waals surface area contributed by atoms with E-state index in [-0.39, 0.29) is 0 Å². The molecule has 162 valence electrons. The zero-order chi connectivity index (χ0) is 21.7. The van der Waals surface area contributed by atoms with Crippen LogP contribution in [0.4, 0.5) is 5.82 Å². The minimum absolute atomic E-state index is 0.391. The van der Waals surface area contributed by atoms with Crippen LogP contribution in [0.15, 0.2) is 40.9 Å². The molecule has 32 heavy (non-hydrogen) atoms. The molecule has 0 unspecified atom stereocenters. The Morgan fingerprint density at radius 1 is 0.969 bits per heavy atom. The summed E-state index contributed by atoms with van der Waals surface area (Å²) >= 11 is 0. The second kappa shape index (κ2) is 7.34. The van der Waals surface area contributed by atoms with E-state index in [1.54, 1.807) is 0 Å². The van der Waals surface area contributed by atoms with Crippen molar-refractivity contribution in [2.75, 3.05) is 24.6 Å². The van der Waals surface area contributed by atoms with Crippen LogP contribution in [-0.4, -0.2) is 44.6 Å². The number of nitrogens with zero attached hydrogens (tertiary/aromatic N) is 6. The SMILES string of the molecule is Cc1nc(N2CCC3(CC2)OCCc2cnc(-c4ccccc4)nc23)c2nc(C)oc2n1. The molecule has 1 aromatic carbocycles. The maximum absolute atomic E-state index is 6.44. The Bertz CT molecular complexity index is 1290. The minimum Gasteiger partial charge on any atom is -0.422 e. The quantitative estimate of drug-likeness (QED) is 0.477. The number of piperidine rings is 1. The lowest BCUT2D eigenvalue weighted by Gasteiger charge is -2.44. The van der Waals surface area contributed by atoms with Crippen LogP contribution in [0, 0.1) is 13.8 Å². The van der Waals surface area contributed by atoms with Gasteiger partial charge >= 0.3 is 0 Å². The maximum atomic E-state index is 6.44. The van der Waals surface area contributed by atoms with E-state index in [2.05, 4.69) is 19.9 Å². The zero-order valence-electron chi connectivity index (χ0n) is 18.2. The largest absolute Gasteiger partial charge is 0.422 e. The fourth-order valence-electron chi connectivity index (χ4n) is 4.83. The Kier molecular flexibility index (Phi) is 4.43. The fraction of sp³-hybridized carbons (Fsp3) is 0.375. The van der Waals surface area contributed by atoms with Gasteiger partial charge in [0, 0.05) is 31.8 Å². The van der Waals surface area contributed by atoms with Gasteiger partial charge in [0.1, 0.15) is 11.4 Å². The second-order valence-electron chi connectivity index (χ2n) is 8.49. The summed E-state index contributed by atoms with van der Waals surface area (Å²) in [5.74, 6) is 2.87. The van der Waals surface area contributed by atoms with E-state index in [1.807, 2.05) is 50.4 Å². The van der Waals surface area contributed by atoms with Gasteiger partial charge < -0.3 is 14.1 Å². The summed E-state index contributed by atoms with van der Waals surface area (Å²) in [6.07, 6.45) is 4.48. The number of hydrogen-bond donors (Lipinski definition) is 0. The first kappa shape index (κ1) is 19.3. The monoisotopic (exact) mass is 428 g/mol. The molecule has 2 aliphatic rings. The van der Waals surface area contributed by atoms with E-state index < -0.39 is 5.60 Å². The highest BCUT2D eigenvalue weighted by Gasteiger charge is 2.43. The number of hydrogen-bond acceptors (Lipinski definition) is 8. The summed E-state index contributed by atoms with van der Waals surface area (Å²) < 4.78 is 12.1. The van der Waals surface area contributed by atoms with E-state index >= 15 is 0 Å². The number of aromatic nitrogens is 5. The van der Waals surface area contributed by atoms with Crippen LogP contribution in [0.5, 0.6) is 0 Å². The summed E-state index contributed by atoms with van der Waals surface area (Å²) in [5, 5.41) is 0. The molecule has 8 heteroatoms. The third kappa shape index (κ3) is 3.14. The van der Waals surface area contributed by atoms with Crippen LogP contribution in [0.25, 0.3) is 22.6 Å². The van der Waals surface area contributed by atoms with Gasteiger partial charge in [-0.15, -0.1) is 0 Å². The molecule has 0 amide bonds. The van der Waals surface area contributed by atoms with E-state index in [0.29, 0.717) is 24.0 Å². The number of benzene rings is 1. The molecule has 0 saturated carbocycles. The maximum Gasteiger partial charge on any atom is 0.252 e. The Morgan fingerprint density at radius 3 is 2.59 bits per heavy atom. The first-order valence-corrected chi connectivity index (χ1v) is 11.0. The van der Waals surface area contributed by atoms with Crippen LogP contribution < -0.4 is 4.90 Å². The van der Waals surface area contributed by atoms with E-state index in [9.17, 15) is 0 Å². The molecule has 4 aromatic rings. The van der Waals surface area contributed by atoms with Crippen molar-refractivity contribution in [3.05, 3.63) is 59.5 Å². The van der Waals surface area contributed by atoms with Crippen molar-refractivity contribution in [3.8, 4) is 11.4 Å². The van der Waals surface area contributed by atoms with Gasteiger partial charge in [0.15, 0.2) is 23.0 Å². The third-order valence-electron chi connectivity index (χ3n) is 6.41. The molecule has 8 nitrogen and oxygen atoms in total. The fourth-order valence-corrected chi connectivity index (χ4v) is 4.83. The Balaban J connectivity index is 1.33. The third-order valence-corrected chi connectivity index (χ3v) is 6.41. The smallest absolute Gasteiger partial charge is 0.252 e. The number of ether oxygens (including phenoxy) is 1. The van der Waals surface area contributed by atoms with E-state index in [0.717, 1.165) is 60.8 Å². The summed E-state index contributed by atoms with van der Waals surface area (Å²) in [5.41, 5.74) is 4.13. The van der Waals surface area contributed by atoms with Crippen molar-refractivity contribution in [2.24, 2.45) is 0 Å². The number of oxazole rings is 1. The molecular formula is C24H24N6O2. The Labute approximate surface area is 185 Å². The molecule has 1 spiro atoms. The summed E-state index contributed by atoms with van der Waals surface area (Å²) in [6, 6.07) is 10.1. The molecule has 1 fully saturated rings. The average Bonchev–Trinajstić information content (AvgIpc) is 3.20. The van der Waals surface area contributed by atoms with Gasteiger partial charge in [0.2, 0.25) is 0 Å². The molecular weight excluding hydrogens is 404 g/mol. The van der Waals surface area contributed by atoms with Crippen molar-refractivity contribution in [3.63, 3.8) is 0 Å². The number of fused-ring (bicyclic) bond motifs is 3. The van der Waals surface area contributed by atoms with Gasteiger partial charge in [-0.2, -0.15) is 4.98 Å². The molecule has 0 aliphatic carbocycles. The molecule has 0 bridgehead atoms. The van der Waals surface area contributed by atoms with Crippen LogP contribution in [0.3, 0.4) is 0 Å². The highest BCUT2D eigenvalue weighted by atomic mass is 16.5. The lowest BCUT2D eigenvalue weighted by Crippen LogP contribution is -2.47. The number of rotatable bonds is 2. The van der Waals surface area contributed by atoms with Crippen molar-refractivity contribution in [1.82, 2.24) is 24.9 Å². The van der Waals surface area contributed by atoms with E-state index in [4.69, 9.17) is 19.1 Å². The van der Waals surface area contributed by atoms with Crippen molar-refractivity contribution < 1.29 is 9.15 Å². The highest BCUT2D eigenvalue weighted by molar-refractivity contribution is 5.82. The number of aryl methyl sites for hydroxylation is 2. The van der Waals surface area contributed by atoms with Gasteiger partial charge in [-0.1, -0.05) is 30.3 Å². The van der Waals surface area contributed by atoms with Crippen molar-refractivity contribution >= 4 is 17.0 Å². The van der Waals surface area contributed by atoms with Gasteiger partial charge in [-0.05, 0) is 31.7 Å². The summed E-state index contributed by atoms with van der Waals surface area (Å²) in [4.78, 5) is 25.5. The summed E-state index contributed by atoms with van der Waals surface area (Å²) in [7, 11) is 0. The second-order valence-corrected chi connectivity index (χ2v) is 8.49. The lowest BCUT2D eigenvalue weighted by atomic mass is 9.83. The van der Waals surface area contributed by atoms with Gasteiger partial charge in [0.05, 0.1) is 12.3 Å². The van der Waals surface area contributed by atoms with Crippen molar-refractivity contribution in [2.45, 2.75) is 38.7 Å². The first-order chi connectivity index (χ1) is 15.6. The molecule has 0 atom stereocenters. The first-order valence-electron chi connectivity index (χ1n) is 11.0. The number of anilines is 1. The highest BCUT2D eigenvalue weighted by Crippen LogP contribution is 2.42. The Morgan fingerprint density at radius 2 is 1.78 bits per heavy atom. The van der Waals surface area contributed by atoms with Crippen LogP contribution in [0.2, 0.25) is 0 Å². The van der Waals surface area contributed by atoms with Gasteiger partial charge in [-0.25, -0.2) is 19.9 Å². The molecule has 0 radical (unpaired) electrons. The zero-order valence-corrected chi connectivity index (χ0v) is 18.2. The van der Waals surface area contributed by atoms with Gasteiger partial charge in [0.25, 0.3) is 5.71 Å². The lowest BCUT2D eigenvalue weighted by molar-refractivity contribution is -0.0801. The molecule has 1 saturated heterocycles. The van der Waals surface area contributed by atoms with Crippen molar-refractivity contribution in [1.29, 1.82) is 0 Å². The minimum atomic E-state index is -0.391. The normalized spacial score (nSPS) is 17.6. The van der Waals surface area contributed by atoms with Crippen LogP contribution in [-0.2, 0) is 16.8 Å². The summed E-state index contributed by atoms with van der Waals surface area (Å²) in [6.45, 7) is 6.00. The van der Waals surface area contributed by atoms with Gasteiger partial charge in [-0.3, -0.25) is 0 Å².